The van der Waals surface area contributed by atoms with Gasteiger partial charge in [0.05, 0.1) is 6.61 Å². The predicted octanol–water partition coefficient (Wildman–Crippen LogP) is 2.53. The lowest BCUT2D eigenvalue weighted by atomic mass is 9.88. The van der Waals surface area contributed by atoms with Crippen molar-refractivity contribution in [3.63, 3.8) is 0 Å². The van der Waals surface area contributed by atoms with Crippen molar-refractivity contribution in [3.05, 3.63) is 0 Å². The van der Waals surface area contributed by atoms with Crippen LogP contribution in [0.5, 0.6) is 0 Å². The highest BCUT2D eigenvalue weighted by atomic mass is 16.5. The van der Waals surface area contributed by atoms with Crippen LogP contribution < -0.4 is 0 Å². The number of likely N-dealkylation sites (N-methyl/N-ethyl adjacent to an activating group) is 1. The summed E-state index contributed by atoms with van der Waals surface area (Å²) in [5.41, 5.74) is 0. The molecule has 3 unspecified atom stereocenters. The molecule has 0 N–H and O–H groups in total. The Hall–Kier alpha value is -0.0800. The van der Waals surface area contributed by atoms with Crippen molar-refractivity contribution < 1.29 is 4.74 Å². The maximum Gasteiger partial charge on any atom is 0.0620 e. The van der Waals surface area contributed by atoms with Crippen LogP contribution in [0.3, 0.4) is 0 Å². The van der Waals surface area contributed by atoms with Crippen molar-refractivity contribution in [1.29, 1.82) is 0 Å². The van der Waals surface area contributed by atoms with Gasteiger partial charge in [-0.3, -0.25) is 0 Å². The fourth-order valence-corrected chi connectivity index (χ4v) is 3.43. The molecule has 2 nitrogen and oxygen atoms in total. The Morgan fingerprint density at radius 2 is 2.00 bits per heavy atom. The van der Waals surface area contributed by atoms with E-state index < -0.39 is 0 Å². The van der Waals surface area contributed by atoms with E-state index in [1.165, 1.54) is 45.1 Å². The highest BCUT2D eigenvalue weighted by molar-refractivity contribution is 4.84. The lowest BCUT2D eigenvalue weighted by Crippen LogP contribution is -2.43. The van der Waals surface area contributed by atoms with Gasteiger partial charge in [0.1, 0.15) is 0 Å². The van der Waals surface area contributed by atoms with E-state index in [1.54, 1.807) is 0 Å². The molecular weight excluding hydrogens is 186 g/mol. The van der Waals surface area contributed by atoms with Gasteiger partial charge in [0, 0.05) is 13.2 Å². The number of fused-ring (bicyclic) bond motifs is 3. The second kappa shape index (κ2) is 5.31. The highest BCUT2D eigenvalue weighted by Gasteiger charge is 2.30. The fraction of sp³-hybridized carbons (Fsp3) is 1.00. The van der Waals surface area contributed by atoms with Crippen LogP contribution in [0, 0.1) is 11.8 Å². The topological polar surface area (TPSA) is 12.5 Å². The van der Waals surface area contributed by atoms with Gasteiger partial charge in [-0.2, -0.15) is 0 Å². The third-order valence-corrected chi connectivity index (χ3v) is 4.47. The molecule has 0 radical (unpaired) electrons. The van der Waals surface area contributed by atoms with Crippen molar-refractivity contribution >= 4 is 0 Å². The van der Waals surface area contributed by atoms with Crippen molar-refractivity contribution in [2.24, 2.45) is 11.8 Å². The van der Waals surface area contributed by atoms with E-state index in [1.807, 2.05) is 7.11 Å². The van der Waals surface area contributed by atoms with Gasteiger partial charge in [0.2, 0.25) is 0 Å². The summed E-state index contributed by atoms with van der Waals surface area (Å²) in [5.74, 6) is 1.90. The lowest BCUT2D eigenvalue weighted by Gasteiger charge is -2.36. The summed E-state index contributed by atoms with van der Waals surface area (Å²) in [6, 6.07) is 0.675. The molecule has 2 aliphatic rings. The van der Waals surface area contributed by atoms with Crippen LogP contribution in [0.1, 0.15) is 38.5 Å². The average Bonchev–Trinajstić information content (AvgIpc) is 2.43. The molecule has 2 fully saturated rings. The average molecular weight is 211 g/mol. The Morgan fingerprint density at radius 1 is 1.13 bits per heavy atom. The minimum Gasteiger partial charge on any atom is -0.383 e. The van der Waals surface area contributed by atoms with E-state index in [4.69, 9.17) is 4.74 Å². The first-order valence-corrected chi connectivity index (χ1v) is 6.50. The van der Waals surface area contributed by atoms with Crippen LogP contribution in [0.4, 0.5) is 0 Å². The molecule has 1 saturated heterocycles. The Morgan fingerprint density at radius 3 is 2.80 bits per heavy atom. The van der Waals surface area contributed by atoms with Crippen LogP contribution in [-0.4, -0.2) is 38.3 Å². The molecule has 0 amide bonds. The summed E-state index contributed by atoms with van der Waals surface area (Å²) in [5, 5.41) is 0. The van der Waals surface area contributed by atoms with Gasteiger partial charge in [-0.15, -0.1) is 0 Å². The fourth-order valence-electron chi connectivity index (χ4n) is 3.43. The predicted molar refractivity (Wildman–Crippen MR) is 63.0 cm³/mol. The van der Waals surface area contributed by atoms with Crippen LogP contribution >= 0.6 is 0 Å². The molecule has 0 aromatic rings. The maximum atomic E-state index is 5.40. The maximum absolute atomic E-state index is 5.40. The SMILES string of the molecule is COCC1C2CCCC(CC2)CCN1C. The molecule has 2 bridgehead atoms. The van der Waals surface area contributed by atoms with E-state index in [2.05, 4.69) is 11.9 Å². The monoisotopic (exact) mass is 211 g/mol. The summed E-state index contributed by atoms with van der Waals surface area (Å²) in [6.45, 7) is 2.20. The summed E-state index contributed by atoms with van der Waals surface area (Å²) in [4.78, 5) is 2.55. The largest absolute Gasteiger partial charge is 0.383 e. The summed E-state index contributed by atoms with van der Waals surface area (Å²) < 4.78 is 5.40. The van der Waals surface area contributed by atoms with E-state index in [0.29, 0.717) is 6.04 Å². The molecule has 0 aromatic carbocycles. The van der Waals surface area contributed by atoms with E-state index >= 15 is 0 Å². The normalized spacial score (nSPS) is 38.4. The van der Waals surface area contributed by atoms with Crippen molar-refractivity contribution in [2.45, 2.75) is 44.6 Å². The minimum atomic E-state index is 0.675. The molecule has 15 heavy (non-hydrogen) atoms. The smallest absolute Gasteiger partial charge is 0.0620 e. The van der Waals surface area contributed by atoms with Crippen LogP contribution in [0.25, 0.3) is 0 Å². The Kier molecular flexibility index (Phi) is 4.04. The van der Waals surface area contributed by atoms with Gasteiger partial charge in [-0.1, -0.05) is 19.3 Å². The van der Waals surface area contributed by atoms with E-state index in [0.717, 1.165) is 18.4 Å². The molecule has 2 heteroatoms. The number of hydrogen-bond acceptors (Lipinski definition) is 2. The van der Waals surface area contributed by atoms with Gasteiger partial charge >= 0.3 is 0 Å². The van der Waals surface area contributed by atoms with Gasteiger partial charge in [-0.05, 0) is 44.7 Å². The number of hydrogen-bond donors (Lipinski definition) is 0. The van der Waals surface area contributed by atoms with E-state index in [-0.39, 0.29) is 0 Å². The van der Waals surface area contributed by atoms with Crippen LogP contribution in [0.15, 0.2) is 0 Å². The zero-order valence-electron chi connectivity index (χ0n) is 10.2. The molecule has 1 aliphatic carbocycles. The molecule has 1 saturated carbocycles. The minimum absolute atomic E-state index is 0.675. The second-order valence-electron chi connectivity index (χ2n) is 5.43. The van der Waals surface area contributed by atoms with Gasteiger partial charge < -0.3 is 9.64 Å². The molecule has 2 rings (SSSR count). The summed E-state index contributed by atoms with van der Waals surface area (Å²) >= 11 is 0. The summed E-state index contributed by atoms with van der Waals surface area (Å²) in [6.07, 6.45) is 8.66. The molecule has 3 atom stereocenters. The van der Waals surface area contributed by atoms with Gasteiger partial charge in [-0.25, -0.2) is 0 Å². The third kappa shape index (κ3) is 2.73. The summed E-state index contributed by atoms with van der Waals surface area (Å²) in [7, 11) is 4.12. The third-order valence-electron chi connectivity index (χ3n) is 4.47. The number of methoxy groups -OCH3 is 1. The Balaban J connectivity index is 2.06. The van der Waals surface area contributed by atoms with Crippen molar-refractivity contribution in [2.75, 3.05) is 27.3 Å². The zero-order valence-corrected chi connectivity index (χ0v) is 10.2. The number of ether oxygens (including phenoxy) is 1. The number of likely N-dealkylation sites (tertiary alicyclic amines) is 1. The number of rotatable bonds is 2. The Labute approximate surface area is 94.0 Å². The van der Waals surface area contributed by atoms with E-state index in [9.17, 15) is 0 Å². The highest BCUT2D eigenvalue weighted by Crippen LogP contribution is 2.35. The van der Waals surface area contributed by atoms with Crippen LogP contribution in [-0.2, 0) is 4.74 Å². The molecule has 0 aromatic heterocycles. The molecule has 88 valence electrons. The molecule has 1 aliphatic heterocycles. The lowest BCUT2D eigenvalue weighted by molar-refractivity contribution is 0.0567. The molecular formula is C13H25NO. The van der Waals surface area contributed by atoms with Crippen molar-refractivity contribution in [1.82, 2.24) is 4.90 Å². The molecule has 1 heterocycles. The first kappa shape index (κ1) is 11.4. The Bertz CT molecular complexity index is 195. The standard InChI is InChI=1S/C13H25NO/c1-14-9-8-11-4-3-5-12(7-6-11)13(14)10-15-2/h11-13H,3-10H2,1-2H3. The zero-order chi connectivity index (χ0) is 10.7. The van der Waals surface area contributed by atoms with Gasteiger partial charge in [0.25, 0.3) is 0 Å². The molecule has 0 spiro atoms. The first-order valence-electron chi connectivity index (χ1n) is 6.50. The second-order valence-corrected chi connectivity index (χ2v) is 5.43. The van der Waals surface area contributed by atoms with Gasteiger partial charge in [0.15, 0.2) is 0 Å². The quantitative estimate of drug-likeness (QED) is 0.696. The number of nitrogens with zero attached hydrogens (tertiary/aromatic N) is 1. The van der Waals surface area contributed by atoms with Crippen molar-refractivity contribution in [3.8, 4) is 0 Å². The first-order chi connectivity index (χ1) is 7.31. The van der Waals surface area contributed by atoms with Crippen LogP contribution in [0.2, 0.25) is 0 Å².